The van der Waals surface area contributed by atoms with Crippen LogP contribution in [0.5, 0.6) is 0 Å². The Morgan fingerprint density at radius 2 is 2.12 bits per heavy atom. The van der Waals surface area contributed by atoms with Gasteiger partial charge in [-0.1, -0.05) is 17.3 Å². The van der Waals surface area contributed by atoms with Gasteiger partial charge in [-0.15, -0.1) is 11.3 Å². The lowest BCUT2D eigenvalue weighted by Crippen LogP contribution is -2.22. The highest BCUT2D eigenvalue weighted by molar-refractivity contribution is 7.16. The van der Waals surface area contributed by atoms with Gasteiger partial charge in [-0.05, 0) is 41.5 Å². The van der Waals surface area contributed by atoms with Gasteiger partial charge in [-0.2, -0.15) is 4.98 Å². The molecule has 0 saturated heterocycles. The van der Waals surface area contributed by atoms with Crippen LogP contribution in [0, 0.1) is 11.8 Å². The molecule has 0 radical (unpaired) electrons. The molecule has 2 aliphatic carbocycles. The second kappa shape index (κ2) is 6.42. The monoisotopic (exact) mass is 443 g/mol. The average molecular weight is 443 g/mol. The molecule has 0 aliphatic heterocycles. The molecule has 0 bridgehead atoms. The molecule has 0 spiro atoms. The van der Waals surface area contributed by atoms with E-state index in [1.165, 1.54) is 26.7 Å². The molecule has 158 valence electrons. The molecule has 0 amide bonds. The third-order valence-electron chi connectivity index (χ3n) is 6.57. The Kier molecular flexibility index (Phi) is 3.61. The van der Waals surface area contributed by atoms with Gasteiger partial charge in [0.1, 0.15) is 12.9 Å². The van der Waals surface area contributed by atoms with Crippen molar-refractivity contribution in [2.24, 2.45) is 18.9 Å². The smallest absolute Gasteiger partial charge is 0.280 e. The molecule has 0 unspecified atom stereocenters. The van der Waals surface area contributed by atoms with Gasteiger partial charge < -0.3 is 9.09 Å². The van der Waals surface area contributed by atoms with Crippen LogP contribution in [-0.2, 0) is 13.6 Å². The van der Waals surface area contributed by atoms with Crippen LogP contribution >= 0.6 is 11.3 Å². The van der Waals surface area contributed by atoms with Crippen molar-refractivity contribution in [1.82, 2.24) is 34.2 Å². The number of hydrogen-bond acceptors (Lipinski definition) is 8. The summed E-state index contributed by atoms with van der Waals surface area (Å²) in [6, 6.07) is 6.51. The maximum atomic E-state index is 12.7. The van der Waals surface area contributed by atoms with Crippen molar-refractivity contribution in [3.63, 3.8) is 0 Å². The molecule has 7 rings (SSSR count). The minimum absolute atomic E-state index is 0.178. The van der Waals surface area contributed by atoms with Crippen molar-refractivity contribution >= 4 is 38.3 Å². The SMILES string of the molecule is Cn1cnc2ncn(Cc3nc([C@H]4[C@@H]5C=C(c6ccc7scnc7c6)C[C@@H]54)no3)c(=O)c21. The first-order chi connectivity index (χ1) is 15.7. The lowest BCUT2D eigenvalue weighted by atomic mass is 10.0. The lowest BCUT2D eigenvalue weighted by Gasteiger charge is -2.05. The Morgan fingerprint density at radius 1 is 1.22 bits per heavy atom. The Morgan fingerprint density at radius 3 is 3.00 bits per heavy atom. The van der Waals surface area contributed by atoms with Gasteiger partial charge in [-0.3, -0.25) is 9.36 Å². The summed E-state index contributed by atoms with van der Waals surface area (Å²) >= 11 is 1.66. The zero-order valence-corrected chi connectivity index (χ0v) is 17.9. The van der Waals surface area contributed by atoms with Gasteiger partial charge in [0.25, 0.3) is 5.56 Å². The number of rotatable bonds is 4. The molecule has 2 aliphatic rings. The summed E-state index contributed by atoms with van der Waals surface area (Å²) < 4.78 is 9.82. The van der Waals surface area contributed by atoms with Crippen LogP contribution < -0.4 is 5.56 Å². The van der Waals surface area contributed by atoms with Gasteiger partial charge >= 0.3 is 0 Å². The van der Waals surface area contributed by atoms with Crippen LogP contribution in [0.1, 0.15) is 29.6 Å². The topological polar surface area (TPSA) is 105 Å². The van der Waals surface area contributed by atoms with E-state index in [0.29, 0.717) is 28.9 Å². The first kappa shape index (κ1) is 18.0. The number of imidazole rings is 1. The number of allylic oxidation sites excluding steroid dienone is 2. The van der Waals surface area contributed by atoms with E-state index in [4.69, 9.17) is 4.52 Å². The average Bonchev–Trinajstić information content (AvgIpc) is 3.38. The van der Waals surface area contributed by atoms with Gasteiger partial charge in [0.2, 0.25) is 5.89 Å². The Labute approximate surface area is 185 Å². The first-order valence-corrected chi connectivity index (χ1v) is 11.3. The largest absolute Gasteiger partial charge is 0.337 e. The molecule has 3 atom stereocenters. The molecule has 10 heteroatoms. The third kappa shape index (κ3) is 2.62. The van der Waals surface area contributed by atoms with Crippen molar-refractivity contribution < 1.29 is 4.52 Å². The fraction of sp³-hybridized carbons (Fsp3) is 0.273. The summed E-state index contributed by atoms with van der Waals surface area (Å²) in [6.07, 6.45) is 6.41. The molecule has 1 aromatic carbocycles. The number of benzene rings is 1. The number of nitrogens with zero attached hydrogens (tertiary/aromatic N) is 7. The van der Waals surface area contributed by atoms with Crippen LogP contribution in [-0.4, -0.2) is 34.2 Å². The van der Waals surface area contributed by atoms with E-state index in [-0.39, 0.29) is 18.0 Å². The predicted molar refractivity (Wildman–Crippen MR) is 118 cm³/mol. The number of hydrogen-bond donors (Lipinski definition) is 0. The van der Waals surface area contributed by atoms with Crippen molar-refractivity contribution in [2.45, 2.75) is 18.9 Å². The summed E-state index contributed by atoms with van der Waals surface area (Å²) in [5, 5.41) is 4.21. The van der Waals surface area contributed by atoms with Gasteiger partial charge in [0.05, 0.1) is 22.1 Å². The standard InChI is InChI=1S/C22H17N7O2S/c1-28-8-23-21-19(28)22(30)29(9-24-21)7-17-26-20(27-31-17)18-13-4-12(5-14(13)18)11-2-3-16-15(6-11)25-10-32-16/h2-4,6,8-10,13-14,18H,5,7H2,1H3/t13-,14+,18+/m1/s1. The van der Waals surface area contributed by atoms with E-state index >= 15 is 0 Å². The zero-order chi connectivity index (χ0) is 21.4. The molecule has 4 heterocycles. The molecule has 1 saturated carbocycles. The Balaban J connectivity index is 1.11. The van der Waals surface area contributed by atoms with Crippen LogP contribution in [0.3, 0.4) is 0 Å². The zero-order valence-electron chi connectivity index (χ0n) is 17.0. The Bertz CT molecular complexity index is 1610. The fourth-order valence-corrected chi connectivity index (χ4v) is 5.54. The highest BCUT2D eigenvalue weighted by Crippen LogP contribution is 2.62. The Hall–Kier alpha value is -3.66. The van der Waals surface area contributed by atoms with Crippen LogP contribution in [0.25, 0.3) is 27.0 Å². The van der Waals surface area contributed by atoms with Crippen molar-refractivity contribution in [2.75, 3.05) is 0 Å². The third-order valence-corrected chi connectivity index (χ3v) is 7.38. The minimum atomic E-state index is -0.178. The lowest BCUT2D eigenvalue weighted by molar-refractivity contribution is 0.364. The first-order valence-electron chi connectivity index (χ1n) is 10.4. The van der Waals surface area contributed by atoms with Crippen LogP contribution in [0.2, 0.25) is 0 Å². The molecule has 0 N–H and O–H groups in total. The number of aryl methyl sites for hydroxylation is 1. The minimum Gasteiger partial charge on any atom is -0.337 e. The molecule has 4 aromatic heterocycles. The second-order valence-corrected chi connectivity index (χ2v) is 9.34. The number of fused-ring (bicyclic) bond motifs is 3. The molecule has 5 aromatic rings. The van der Waals surface area contributed by atoms with Crippen molar-refractivity contribution in [1.29, 1.82) is 0 Å². The summed E-state index contributed by atoms with van der Waals surface area (Å²) in [5.74, 6) is 2.37. The maximum Gasteiger partial charge on any atom is 0.280 e. The fourth-order valence-electron chi connectivity index (χ4n) is 4.88. The van der Waals surface area contributed by atoms with Gasteiger partial charge in [0, 0.05) is 13.0 Å². The molecular weight excluding hydrogens is 426 g/mol. The molecule has 1 fully saturated rings. The summed E-state index contributed by atoms with van der Waals surface area (Å²) in [6.45, 7) is 0.191. The molecular formula is C22H17N7O2S. The summed E-state index contributed by atoms with van der Waals surface area (Å²) in [4.78, 5) is 30.1. The van der Waals surface area contributed by atoms with E-state index in [1.807, 2.05) is 5.51 Å². The highest BCUT2D eigenvalue weighted by Gasteiger charge is 2.55. The number of thiazole rings is 1. The summed E-state index contributed by atoms with van der Waals surface area (Å²) in [7, 11) is 1.77. The van der Waals surface area contributed by atoms with Crippen molar-refractivity contribution in [3.05, 3.63) is 70.1 Å². The van der Waals surface area contributed by atoms with Crippen LogP contribution in [0.4, 0.5) is 0 Å². The van der Waals surface area contributed by atoms with Crippen LogP contribution in [0.15, 0.2) is 51.8 Å². The van der Waals surface area contributed by atoms with Crippen molar-refractivity contribution in [3.8, 4) is 0 Å². The van der Waals surface area contributed by atoms with E-state index < -0.39 is 0 Å². The maximum absolute atomic E-state index is 12.7. The van der Waals surface area contributed by atoms with Gasteiger partial charge in [0.15, 0.2) is 17.0 Å². The van der Waals surface area contributed by atoms with E-state index in [0.717, 1.165) is 17.8 Å². The predicted octanol–water partition coefficient (Wildman–Crippen LogP) is 2.99. The van der Waals surface area contributed by atoms with E-state index in [9.17, 15) is 4.79 Å². The molecule has 9 nitrogen and oxygen atoms in total. The van der Waals surface area contributed by atoms with E-state index in [1.54, 1.807) is 29.3 Å². The molecule has 32 heavy (non-hydrogen) atoms. The number of aromatic nitrogens is 7. The normalized spacial score (nSPS) is 21.9. The highest BCUT2D eigenvalue weighted by atomic mass is 32.1. The van der Waals surface area contributed by atoms with Gasteiger partial charge in [-0.25, -0.2) is 15.0 Å². The van der Waals surface area contributed by atoms with E-state index in [2.05, 4.69) is 49.4 Å². The quantitative estimate of drug-likeness (QED) is 0.420. The summed E-state index contributed by atoms with van der Waals surface area (Å²) in [5.41, 5.74) is 6.28. The second-order valence-electron chi connectivity index (χ2n) is 8.45.